The van der Waals surface area contributed by atoms with Gasteiger partial charge in [0.1, 0.15) is 5.75 Å². The van der Waals surface area contributed by atoms with E-state index in [0.29, 0.717) is 13.0 Å². The van der Waals surface area contributed by atoms with Crippen LogP contribution in [0.15, 0.2) is 30.3 Å². The Morgan fingerprint density at radius 1 is 1.30 bits per heavy atom. The maximum absolute atomic E-state index is 11.6. The Hall–Kier alpha value is -2.08. The number of nitrogens with one attached hydrogen (secondary N) is 1. The van der Waals surface area contributed by atoms with E-state index >= 15 is 0 Å². The van der Waals surface area contributed by atoms with E-state index in [1.165, 1.54) is 7.11 Å². The van der Waals surface area contributed by atoms with Crippen LogP contribution in [-0.2, 0) is 14.3 Å². The Labute approximate surface area is 117 Å². The van der Waals surface area contributed by atoms with Crippen LogP contribution in [0, 0.1) is 0 Å². The third-order valence-electron chi connectivity index (χ3n) is 2.53. The predicted molar refractivity (Wildman–Crippen MR) is 72.6 cm³/mol. The molecular formula is C14H19NO5. The lowest BCUT2D eigenvalue weighted by Gasteiger charge is -2.13. The van der Waals surface area contributed by atoms with E-state index in [2.05, 4.69) is 5.32 Å². The summed E-state index contributed by atoms with van der Waals surface area (Å²) >= 11 is 0. The van der Waals surface area contributed by atoms with Crippen LogP contribution in [0.5, 0.6) is 5.75 Å². The number of benzene rings is 1. The molecule has 0 heterocycles. The van der Waals surface area contributed by atoms with Gasteiger partial charge in [-0.2, -0.15) is 0 Å². The standard InChI is InChI=1S/C14H19NO5/c1-19-10-12(14(17)18)15-13(16)8-5-9-20-11-6-3-2-4-7-11/h2-4,6-7,12H,5,8-10H2,1H3,(H,15,16)(H,17,18). The molecule has 2 N–H and O–H groups in total. The number of methoxy groups -OCH3 is 1. The molecule has 0 aliphatic heterocycles. The minimum atomic E-state index is -1.11. The molecule has 6 heteroatoms. The van der Waals surface area contributed by atoms with Gasteiger partial charge < -0.3 is 19.9 Å². The van der Waals surface area contributed by atoms with Gasteiger partial charge in [-0.05, 0) is 18.6 Å². The summed E-state index contributed by atoms with van der Waals surface area (Å²) in [6, 6.07) is 8.28. The molecule has 1 unspecified atom stereocenters. The van der Waals surface area contributed by atoms with Crippen LogP contribution in [-0.4, -0.2) is 43.3 Å². The maximum Gasteiger partial charge on any atom is 0.328 e. The molecule has 0 aromatic heterocycles. The number of carbonyl (C=O) groups excluding carboxylic acids is 1. The minimum absolute atomic E-state index is 0.0540. The fourth-order valence-corrected chi connectivity index (χ4v) is 1.55. The second-order valence-electron chi connectivity index (χ2n) is 4.18. The van der Waals surface area contributed by atoms with Crippen molar-refractivity contribution in [3.63, 3.8) is 0 Å². The zero-order chi connectivity index (χ0) is 14.8. The second kappa shape index (κ2) is 8.92. The number of aliphatic carboxylic acids is 1. The zero-order valence-corrected chi connectivity index (χ0v) is 11.4. The van der Waals surface area contributed by atoms with Crippen LogP contribution in [0.4, 0.5) is 0 Å². The van der Waals surface area contributed by atoms with Crippen molar-refractivity contribution >= 4 is 11.9 Å². The van der Waals surface area contributed by atoms with E-state index in [1.807, 2.05) is 30.3 Å². The van der Waals surface area contributed by atoms with E-state index < -0.39 is 12.0 Å². The highest BCUT2D eigenvalue weighted by atomic mass is 16.5. The molecule has 0 radical (unpaired) electrons. The number of carboxylic acids is 1. The summed E-state index contributed by atoms with van der Waals surface area (Å²) in [6.07, 6.45) is 0.723. The van der Waals surface area contributed by atoms with Gasteiger partial charge in [0.25, 0.3) is 0 Å². The number of ether oxygens (including phenoxy) is 2. The molecule has 6 nitrogen and oxygen atoms in total. The molecule has 0 spiro atoms. The number of rotatable bonds is 9. The van der Waals surface area contributed by atoms with Crippen molar-refractivity contribution in [2.75, 3.05) is 20.3 Å². The van der Waals surface area contributed by atoms with E-state index in [-0.39, 0.29) is 18.9 Å². The second-order valence-corrected chi connectivity index (χ2v) is 4.18. The molecule has 0 saturated carbocycles. The van der Waals surface area contributed by atoms with Gasteiger partial charge in [-0.15, -0.1) is 0 Å². The van der Waals surface area contributed by atoms with Gasteiger partial charge in [-0.3, -0.25) is 4.79 Å². The highest BCUT2D eigenvalue weighted by Gasteiger charge is 2.19. The molecule has 110 valence electrons. The summed E-state index contributed by atoms with van der Waals surface area (Å²) in [7, 11) is 1.38. The fraction of sp³-hybridized carbons (Fsp3) is 0.429. The predicted octanol–water partition coefficient (Wildman–Crippen LogP) is 1.06. The molecule has 1 rings (SSSR count). The number of carbonyl (C=O) groups is 2. The SMILES string of the molecule is COCC(NC(=O)CCCOc1ccccc1)C(=O)O. The van der Waals surface area contributed by atoms with E-state index in [4.69, 9.17) is 14.6 Å². The summed E-state index contributed by atoms with van der Waals surface area (Å²) in [6.45, 7) is 0.348. The molecule has 1 aromatic rings. The monoisotopic (exact) mass is 281 g/mol. The Morgan fingerprint density at radius 2 is 2.00 bits per heavy atom. The molecule has 0 bridgehead atoms. The lowest BCUT2D eigenvalue weighted by Crippen LogP contribution is -2.43. The largest absolute Gasteiger partial charge is 0.494 e. The summed E-state index contributed by atoms with van der Waals surface area (Å²) in [5, 5.41) is 11.3. The summed E-state index contributed by atoms with van der Waals surface area (Å²) in [5.74, 6) is -0.692. The van der Waals surface area contributed by atoms with E-state index in [9.17, 15) is 9.59 Å². The lowest BCUT2D eigenvalue weighted by atomic mass is 10.2. The van der Waals surface area contributed by atoms with Gasteiger partial charge in [0, 0.05) is 13.5 Å². The van der Waals surface area contributed by atoms with Gasteiger partial charge in [0.2, 0.25) is 5.91 Å². The average molecular weight is 281 g/mol. The van der Waals surface area contributed by atoms with Crippen molar-refractivity contribution in [1.82, 2.24) is 5.32 Å². The highest BCUT2D eigenvalue weighted by molar-refractivity contribution is 5.83. The Kier molecular flexibility index (Phi) is 7.13. The van der Waals surface area contributed by atoms with Gasteiger partial charge in [-0.1, -0.05) is 18.2 Å². The van der Waals surface area contributed by atoms with Crippen LogP contribution < -0.4 is 10.1 Å². The van der Waals surface area contributed by atoms with Gasteiger partial charge in [0.05, 0.1) is 13.2 Å². The minimum Gasteiger partial charge on any atom is -0.494 e. The normalized spacial score (nSPS) is 11.7. The lowest BCUT2D eigenvalue weighted by molar-refractivity contribution is -0.143. The molecular weight excluding hydrogens is 262 g/mol. The third kappa shape index (κ3) is 6.19. The number of para-hydroxylation sites is 1. The Morgan fingerprint density at radius 3 is 2.60 bits per heavy atom. The van der Waals surface area contributed by atoms with Gasteiger partial charge >= 0.3 is 5.97 Å². The third-order valence-corrected chi connectivity index (χ3v) is 2.53. The van der Waals surface area contributed by atoms with Crippen molar-refractivity contribution in [1.29, 1.82) is 0 Å². The van der Waals surface area contributed by atoms with Crippen molar-refractivity contribution < 1.29 is 24.2 Å². The van der Waals surface area contributed by atoms with Gasteiger partial charge in [0.15, 0.2) is 6.04 Å². The molecule has 0 aliphatic rings. The van der Waals surface area contributed by atoms with Crippen LogP contribution in [0.2, 0.25) is 0 Å². The Balaban J connectivity index is 2.21. The first-order chi connectivity index (χ1) is 9.63. The molecule has 1 atom stereocenters. The smallest absolute Gasteiger partial charge is 0.328 e. The summed E-state index contributed by atoms with van der Waals surface area (Å²) in [5.41, 5.74) is 0. The summed E-state index contributed by atoms with van der Waals surface area (Å²) in [4.78, 5) is 22.4. The molecule has 0 fully saturated rings. The van der Waals surface area contributed by atoms with Crippen molar-refractivity contribution in [2.24, 2.45) is 0 Å². The average Bonchev–Trinajstić information content (AvgIpc) is 2.44. The number of carboxylic acid groups (broad SMARTS) is 1. The number of amides is 1. The fourth-order valence-electron chi connectivity index (χ4n) is 1.55. The van der Waals surface area contributed by atoms with Crippen molar-refractivity contribution in [3.05, 3.63) is 30.3 Å². The number of hydrogen-bond donors (Lipinski definition) is 2. The quantitative estimate of drug-likeness (QED) is 0.661. The highest BCUT2D eigenvalue weighted by Crippen LogP contribution is 2.08. The molecule has 1 amide bonds. The van der Waals surface area contributed by atoms with E-state index in [0.717, 1.165) is 5.75 Å². The number of hydrogen-bond acceptors (Lipinski definition) is 4. The first-order valence-electron chi connectivity index (χ1n) is 6.32. The van der Waals surface area contributed by atoms with Crippen LogP contribution >= 0.6 is 0 Å². The van der Waals surface area contributed by atoms with Gasteiger partial charge in [-0.25, -0.2) is 4.79 Å². The molecule has 20 heavy (non-hydrogen) atoms. The van der Waals surface area contributed by atoms with Crippen molar-refractivity contribution in [3.8, 4) is 5.75 Å². The van der Waals surface area contributed by atoms with Crippen LogP contribution in [0.25, 0.3) is 0 Å². The topological polar surface area (TPSA) is 84.9 Å². The van der Waals surface area contributed by atoms with Crippen molar-refractivity contribution in [2.45, 2.75) is 18.9 Å². The van der Waals surface area contributed by atoms with Crippen LogP contribution in [0.3, 0.4) is 0 Å². The molecule has 0 saturated heterocycles. The molecule has 1 aromatic carbocycles. The summed E-state index contributed by atoms with van der Waals surface area (Å²) < 4.78 is 10.2. The molecule has 0 aliphatic carbocycles. The first-order valence-corrected chi connectivity index (χ1v) is 6.32. The zero-order valence-electron chi connectivity index (χ0n) is 11.4. The van der Waals surface area contributed by atoms with E-state index in [1.54, 1.807) is 0 Å². The maximum atomic E-state index is 11.6. The first kappa shape index (κ1) is 16.0. The Bertz CT molecular complexity index is 421. The van der Waals surface area contributed by atoms with Crippen LogP contribution in [0.1, 0.15) is 12.8 Å².